The van der Waals surface area contributed by atoms with Gasteiger partial charge in [0.25, 0.3) is 0 Å². The molecule has 0 bridgehead atoms. The third kappa shape index (κ3) is 3.42. The molecular formula is C11H19N. The highest BCUT2D eigenvalue weighted by atomic mass is 14.9. The van der Waals surface area contributed by atoms with E-state index in [0.717, 1.165) is 11.3 Å². The maximum absolute atomic E-state index is 3.87. The van der Waals surface area contributed by atoms with Gasteiger partial charge in [-0.25, -0.2) is 0 Å². The van der Waals surface area contributed by atoms with Crippen LogP contribution in [0.3, 0.4) is 0 Å². The van der Waals surface area contributed by atoms with E-state index in [9.17, 15) is 0 Å². The van der Waals surface area contributed by atoms with Crippen LogP contribution in [0.4, 0.5) is 0 Å². The molecular weight excluding hydrogens is 146 g/mol. The molecule has 0 aliphatic rings. The van der Waals surface area contributed by atoms with Crippen molar-refractivity contribution in [2.75, 3.05) is 0 Å². The fourth-order valence-corrected chi connectivity index (χ4v) is 0.831. The average molecular weight is 165 g/mol. The number of hydrogen-bond donors (Lipinski definition) is 1. The molecule has 12 heavy (non-hydrogen) atoms. The van der Waals surface area contributed by atoms with E-state index < -0.39 is 0 Å². The fraction of sp³-hybridized carbons (Fsp3) is 0.455. The minimum atomic E-state index is 0.506. The van der Waals surface area contributed by atoms with Crippen LogP contribution in [0.15, 0.2) is 36.2 Å². The summed E-state index contributed by atoms with van der Waals surface area (Å²) in [5, 5.41) is 3.23. The molecule has 1 N–H and O–H groups in total. The summed E-state index contributed by atoms with van der Waals surface area (Å²) >= 11 is 0. The molecule has 0 rings (SSSR count). The molecule has 0 spiro atoms. The minimum absolute atomic E-state index is 0.506. The second-order valence-corrected chi connectivity index (χ2v) is 3.28. The molecule has 0 aliphatic heterocycles. The van der Waals surface area contributed by atoms with Crippen LogP contribution < -0.4 is 5.32 Å². The van der Waals surface area contributed by atoms with Gasteiger partial charge in [-0.15, -0.1) is 0 Å². The van der Waals surface area contributed by atoms with Crippen molar-refractivity contribution in [1.29, 1.82) is 0 Å². The topological polar surface area (TPSA) is 12.0 Å². The smallest absolute Gasteiger partial charge is 0.0332 e. The molecule has 0 amide bonds. The average Bonchev–Trinajstić information content (AvgIpc) is 1.98. The first-order chi connectivity index (χ1) is 5.49. The Bertz CT molecular complexity index is 209. The predicted molar refractivity (Wildman–Crippen MR) is 55.7 cm³/mol. The summed E-state index contributed by atoms with van der Waals surface area (Å²) in [6, 6.07) is 0. The second-order valence-electron chi connectivity index (χ2n) is 3.28. The molecule has 0 fully saturated rings. The predicted octanol–water partition coefficient (Wildman–Crippen LogP) is 3.23. The van der Waals surface area contributed by atoms with E-state index in [-0.39, 0.29) is 0 Å². The summed E-state index contributed by atoms with van der Waals surface area (Å²) in [6.07, 6.45) is 2.07. The first-order valence-corrected chi connectivity index (χ1v) is 4.27. The zero-order valence-electron chi connectivity index (χ0n) is 8.57. The molecule has 1 heteroatoms. The summed E-state index contributed by atoms with van der Waals surface area (Å²) in [5.41, 5.74) is 3.08. The van der Waals surface area contributed by atoms with Crippen molar-refractivity contribution in [3.05, 3.63) is 36.2 Å². The quantitative estimate of drug-likeness (QED) is 0.631. The van der Waals surface area contributed by atoms with Gasteiger partial charge in [-0.1, -0.05) is 33.1 Å². The number of nitrogens with one attached hydrogen (secondary N) is 1. The van der Waals surface area contributed by atoms with Crippen molar-refractivity contribution >= 4 is 0 Å². The molecule has 0 radical (unpaired) electrons. The summed E-state index contributed by atoms with van der Waals surface area (Å²) < 4.78 is 0. The van der Waals surface area contributed by atoms with E-state index in [1.54, 1.807) is 0 Å². The first-order valence-electron chi connectivity index (χ1n) is 4.27. The SMILES string of the molecule is C=C(C)C(=C)N/C(=C/C)C(C)C. The third-order valence-electron chi connectivity index (χ3n) is 1.74. The molecule has 0 saturated heterocycles. The molecule has 0 heterocycles. The van der Waals surface area contributed by atoms with Gasteiger partial charge in [-0.05, 0) is 25.3 Å². The minimum Gasteiger partial charge on any atom is -0.359 e. The zero-order chi connectivity index (χ0) is 9.72. The molecule has 0 aromatic heterocycles. The molecule has 68 valence electrons. The van der Waals surface area contributed by atoms with Gasteiger partial charge in [0.1, 0.15) is 0 Å². The van der Waals surface area contributed by atoms with Gasteiger partial charge in [-0.2, -0.15) is 0 Å². The Morgan fingerprint density at radius 3 is 2.08 bits per heavy atom. The molecule has 1 nitrogen and oxygen atoms in total. The van der Waals surface area contributed by atoms with Crippen molar-refractivity contribution in [1.82, 2.24) is 5.32 Å². The van der Waals surface area contributed by atoms with Gasteiger partial charge in [0.2, 0.25) is 0 Å². The van der Waals surface area contributed by atoms with Crippen LogP contribution in [0.25, 0.3) is 0 Å². The van der Waals surface area contributed by atoms with Crippen LogP contribution in [-0.2, 0) is 0 Å². The zero-order valence-corrected chi connectivity index (χ0v) is 8.57. The van der Waals surface area contributed by atoms with Crippen LogP contribution in [-0.4, -0.2) is 0 Å². The van der Waals surface area contributed by atoms with E-state index in [1.165, 1.54) is 5.70 Å². The summed E-state index contributed by atoms with van der Waals surface area (Å²) in [4.78, 5) is 0. The van der Waals surface area contributed by atoms with Gasteiger partial charge < -0.3 is 5.32 Å². The highest BCUT2D eigenvalue weighted by molar-refractivity contribution is 5.25. The standard InChI is InChI=1S/C11H19N/c1-7-11(9(4)5)12-10(6)8(2)3/h7,9,12H,2,6H2,1,3-5H3/b11-7+. The van der Waals surface area contributed by atoms with E-state index in [2.05, 4.69) is 38.4 Å². The van der Waals surface area contributed by atoms with E-state index in [1.807, 2.05) is 13.8 Å². The lowest BCUT2D eigenvalue weighted by Crippen LogP contribution is -2.16. The van der Waals surface area contributed by atoms with Gasteiger partial charge in [0.15, 0.2) is 0 Å². The Kier molecular flexibility index (Phi) is 4.42. The lowest BCUT2D eigenvalue weighted by Gasteiger charge is -2.15. The van der Waals surface area contributed by atoms with Gasteiger partial charge in [0.05, 0.1) is 0 Å². The van der Waals surface area contributed by atoms with Crippen LogP contribution in [0.1, 0.15) is 27.7 Å². The van der Waals surface area contributed by atoms with Crippen molar-refractivity contribution in [2.45, 2.75) is 27.7 Å². The molecule has 0 aromatic carbocycles. The monoisotopic (exact) mass is 165 g/mol. The van der Waals surface area contributed by atoms with E-state index in [4.69, 9.17) is 0 Å². The molecule has 0 saturated carbocycles. The molecule has 0 atom stereocenters. The van der Waals surface area contributed by atoms with Crippen molar-refractivity contribution in [2.24, 2.45) is 5.92 Å². The van der Waals surface area contributed by atoms with Crippen LogP contribution in [0.2, 0.25) is 0 Å². The highest BCUT2D eigenvalue weighted by Crippen LogP contribution is 2.10. The van der Waals surface area contributed by atoms with Crippen molar-refractivity contribution in [3.8, 4) is 0 Å². The Morgan fingerprint density at radius 1 is 1.33 bits per heavy atom. The molecule has 0 unspecified atom stereocenters. The summed E-state index contributed by atoms with van der Waals surface area (Å²) in [7, 11) is 0. The second kappa shape index (κ2) is 4.81. The maximum Gasteiger partial charge on any atom is 0.0332 e. The third-order valence-corrected chi connectivity index (χ3v) is 1.74. The van der Waals surface area contributed by atoms with Crippen LogP contribution in [0.5, 0.6) is 0 Å². The number of rotatable bonds is 4. The van der Waals surface area contributed by atoms with Gasteiger partial charge in [-0.3, -0.25) is 0 Å². The lowest BCUT2D eigenvalue weighted by atomic mass is 10.1. The highest BCUT2D eigenvalue weighted by Gasteiger charge is 2.02. The normalized spacial score (nSPS) is 11.6. The van der Waals surface area contributed by atoms with Gasteiger partial charge in [0, 0.05) is 11.4 Å². The van der Waals surface area contributed by atoms with Crippen molar-refractivity contribution in [3.63, 3.8) is 0 Å². The number of hydrogen-bond acceptors (Lipinski definition) is 1. The Labute approximate surface area is 75.9 Å². The molecule has 0 aromatic rings. The van der Waals surface area contributed by atoms with Crippen LogP contribution in [0, 0.1) is 5.92 Å². The van der Waals surface area contributed by atoms with E-state index >= 15 is 0 Å². The Balaban J connectivity index is 4.24. The van der Waals surface area contributed by atoms with Gasteiger partial charge >= 0.3 is 0 Å². The molecule has 0 aliphatic carbocycles. The lowest BCUT2D eigenvalue weighted by molar-refractivity contribution is 0.701. The van der Waals surface area contributed by atoms with Crippen LogP contribution >= 0.6 is 0 Å². The number of allylic oxidation sites excluding steroid dienone is 3. The summed E-state index contributed by atoms with van der Waals surface area (Å²) in [5.74, 6) is 0.506. The van der Waals surface area contributed by atoms with E-state index in [0.29, 0.717) is 5.92 Å². The summed E-state index contributed by atoms with van der Waals surface area (Å²) in [6.45, 7) is 15.9. The Hall–Kier alpha value is -0.980. The largest absolute Gasteiger partial charge is 0.359 e. The first kappa shape index (κ1) is 11.0. The fourth-order valence-electron chi connectivity index (χ4n) is 0.831. The van der Waals surface area contributed by atoms with Crippen molar-refractivity contribution < 1.29 is 0 Å². The maximum atomic E-state index is 3.87. The Morgan fingerprint density at radius 2 is 1.83 bits per heavy atom.